The monoisotopic (exact) mass is 194 g/mol. The zero-order chi connectivity index (χ0) is 10.6. The van der Waals surface area contributed by atoms with Crippen molar-refractivity contribution in [3.63, 3.8) is 0 Å². The van der Waals surface area contributed by atoms with E-state index >= 15 is 0 Å². The van der Waals surface area contributed by atoms with E-state index in [1.165, 1.54) is 25.3 Å². The molecule has 0 amide bonds. The highest BCUT2D eigenvalue weighted by atomic mass is 16.5. The molecule has 5 heteroatoms. The van der Waals surface area contributed by atoms with Crippen LogP contribution >= 0.6 is 0 Å². The molecular formula is C9H10N2O3. The molecular weight excluding hydrogens is 184 g/mol. The van der Waals surface area contributed by atoms with E-state index in [0.29, 0.717) is 23.1 Å². The predicted molar refractivity (Wildman–Crippen MR) is 51.0 cm³/mol. The van der Waals surface area contributed by atoms with Gasteiger partial charge in [0, 0.05) is 5.56 Å². The minimum atomic E-state index is -0.473. The summed E-state index contributed by atoms with van der Waals surface area (Å²) in [4.78, 5) is 21.6. The Morgan fingerprint density at radius 2 is 2.29 bits per heavy atom. The molecule has 1 rings (SSSR count). The Morgan fingerprint density at radius 1 is 1.57 bits per heavy atom. The average Bonchev–Trinajstić information content (AvgIpc) is 2.26. The second kappa shape index (κ2) is 4.38. The molecule has 0 saturated carbocycles. The summed E-state index contributed by atoms with van der Waals surface area (Å²) < 4.78 is 4.51. The lowest BCUT2D eigenvalue weighted by atomic mass is 10.1. The Hall–Kier alpha value is -1.88. The lowest BCUT2D eigenvalue weighted by Gasteiger charge is -2.05. The van der Waals surface area contributed by atoms with E-state index in [9.17, 15) is 9.59 Å². The van der Waals surface area contributed by atoms with Gasteiger partial charge in [0.1, 0.15) is 0 Å². The Labute approximate surface area is 80.8 Å². The first-order valence-corrected chi connectivity index (χ1v) is 3.87. The number of hydrogen-bond acceptors (Lipinski definition) is 5. The first-order valence-electron chi connectivity index (χ1n) is 3.87. The molecule has 0 bridgehead atoms. The van der Waals surface area contributed by atoms with Gasteiger partial charge in [0.15, 0.2) is 6.29 Å². The molecule has 0 unspecified atom stereocenters. The SMILES string of the molecule is COC(=O)c1ccc(C=O)c(NN)c1. The third-order valence-corrected chi connectivity index (χ3v) is 1.76. The molecule has 0 spiro atoms. The van der Waals surface area contributed by atoms with Crippen molar-refractivity contribution in [2.45, 2.75) is 0 Å². The molecule has 3 N–H and O–H groups in total. The van der Waals surface area contributed by atoms with Crippen molar-refractivity contribution in [3.8, 4) is 0 Å². The van der Waals surface area contributed by atoms with Crippen molar-refractivity contribution in [2.75, 3.05) is 12.5 Å². The molecule has 0 atom stereocenters. The van der Waals surface area contributed by atoms with Crippen LogP contribution in [0.1, 0.15) is 20.7 Å². The van der Waals surface area contributed by atoms with E-state index in [-0.39, 0.29) is 0 Å². The normalized spacial score (nSPS) is 9.29. The largest absolute Gasteiger partial charge is 0.465 e. The van der Waals surface area contributed by atoms with Crippen LogP contribution in [0.2, 0.25) is 0 Å². The Bertz CT molecular complexity index is 363. The maximum atomic E-state index is 11.1. The molecule has 0 aliphatic heterocycles. The zero-order valence-electron chi connectivity index (χ0n) is 7.61. The number of nitrogens with two attached hydrogens (primary N) is 1. The molecule has 0 fully saturated rings. The number of benzene rings is 1. The van der Waals surface area contributed by atoms with Crippen molar-refractivity contribution in [3.05, 3.63) is 29.3 Å². The first kappa shape index (κ1) is 10.2. The van der Waals surface area contributed by atoms with Crippen LogP contribution in [-0.2, 0) is 4.74 Å². The van der Waals surface area contributed by atoms with Crippen molar-refractivity contribution in [2.24, 2.45) is 5.84 Å². The lowest BCUT2D eigenvalue weighted by Crippen LogP contribution is -2.11. The molecule has 0 saturated heterocycles. The second-order valence-electron chi connectivity index (χ2n) is 2.56. The van der Waals surface area contributed by atoms with Crippen LogP contribution in [0.5, 0.6) is 0 Å². The molecule has 0 aliphatic rings. The summed E-state index contributed by atoms with van der Waals surface area (Å²) in [6.07, 6.45) is 0.649. The quantitative estimate of drug-likeness (QED) is 0.318. The van der Waals surface area contributed by atoms with E-state index in [1.54, 1.807) is 0 Å². The van der Waals surface area contributed by atoms with Crippen molar-refractivity contribution in [1.29, 1.82) is 0 Å². The average molecular weight is 194 g/mol. The number of nitrogen functional groups attached to an aromatic ring is 1. The Kier molecular flexibility index (Phi) is 3.19. The number of ether oxygens (including phenoxy) is 1. The van der Waals surface area contributed by atoms with E-state index in [4.69, 9.17) is 5.84 Å². The van der Waals surface area contributed by atoms with Gasteiger partial charge in [-0.15, -0.1) is 0 Å². The highest BCUT2D eigenvalue weighted by molar-refractivity contribution is 5.93. The third kappa shape index (κ3) is 1.89. The number of rotatable bonds is 3. The lowest BCUT2D eigenvalue weighted by molar-refractivity contribution is 0.0600. The number of esters is 1. The number of aldehydes is 1. The van der Waals surface area contributed by atoms with Gasteiger partial charge in [0.25, 0.3) is 0 Å². The maximum Gasteiger partial charge on any atom is 0.337 e. The first-order chi connectivity index (χ1) is 6.72. The summed E-state index contributed by atoms with van der Waals surface area (Å²) >= 11 is 0. The summed E-state index contributed by atoms with van der Waals surface area (Å²) in [5.41, 5.74) is 3.45. The number of nitrogens with one attached hydrogen (secondary N) is 1. The van der Waals surface area contributed by atoms with Crippen LogP contribution in [0.15, 0.2) is 18.2 Å². The smallest absolute Gasteiger partial charge is 0.337 e. The molecule has 0 aliphatic carbocycles. The number of methoxy groups -OCH3 is 1. The van der Waals surface area contributed by atoms with Gasteiger partial charge in [-0.05, 0) is 18.2 Å². The van der Waals surface area contributed by atoms with E-state index < -0.39 is 5.97 Å². The number of anilines is 1. The van der Waals surface area contributed by atoms with Gasteiger partial charge in [-0.2, -0.15) is 0 Å². The van der Waals surface area contributed by atoms with Gasteiger partial charge in [0.2, 0.25) is 0 Å². The summed E-state index contributed by atoms with van der Waals surface area (Å²) in [6.45, 7) is 0. The molecule has 5 nitrogen and oxygen atoms in total. The van der Waals surface area contributed by atoms with E-state index in [2.05, 4.69) is 10.2 Å². The Balaban J connectivity index is 3.13. The molecule has 0 radical (unpaired) electrons. The van der Waals surface area contributed by atoms with Gasteiger partial charge < -0.3 is 10.2 Å². The molecule has 1 aromatic carbocycles. The highest BCUT2D eigenvalue weighted by Crippen LogP contribution is 2.15. The number of hydrogen-bond donors (Lipinski definition) is 2. The molecule has 14 heavy (non-hydrogen) atoms. The van der Waals surface area contributed by atoms with Gasteiger partial charge >= 0.3 is 5.97 Å². The Morgan fingerprint density at radius 3 is 2.79 bits per heavy atom. The number of carbonyl (C=O) groups excluding carboxylic acids is 2. The standard InChI is InChI=1S/C9H10N2O3/c1-14-9(13)6-2-3-7(5-12)8(4-6)11-10/h2-5,11H,10H2,1H3. The summed E-state index contributed by atoms with van der Waals surface area (Å²) in [5, 5.41) is 0. The zero-order valence-corrected chi connectivity index (χ0v) is 7.61. The number of hydrazine groups is 1. The van der Waals surface area contributed by atoms with Gasteiger partial charge in [0.05, 0.1) is 18.4 Å². The van der Waals surface area contributed by atoms with Crippen LogP contribution in [-0.4, -0.2) is 19.4 Å². The van der Waals surface area contributed by atoms with E-state index in [0.717, 1.165) is 0 Å². The van der Waals surface area contributed by atoms with E-state index in [1.807, 2.05) is 0 Å². The predicted octanol–water partition coefficient (Wildman–Crippen LogP) is 0.571. The fourth-order valence-electron chi connectivity index (χ4n) is 1.03. The summed E-state index contributed by atoms with van der Waals surface area (Å²) in [5.74, 6) is 4.70. The van der Waals surface area contributed by atoms with Gasteiger partial charge in [-0.25, -0.2) is 4.79 Å². The van der Waals surface area contributed by atoms with Crippen LogP contribution < -0.4 is 11.3 Å². The van der Waals surface area contributed by atoms with Crippen LogP contribution in [0.4, 0.5) is 5.69 Å². The fraction of sp³-hybridized carbons (Fsp3) is 0.111. The number of carbonyl (C=O) groups is 2. The van der Waals surface area contributed by atoms with Crippen LogP contribution in [0.25, 0.3) is 0 Å². The summed E-state index contributed by atoms with van der Waals surface area (Å²) in [6, 6.07) is 4.44. The maximum absolute atomic E-state index is 11.1. The third-order valence-electron chi connectivity index (χ3n) is 1.76. The van der Waals surface area contributed by atoms with Crippen molar-refractivity contribution in [1.82, 2.24) is 0 Å². The molecule has 1 aromatic rings. The highest BCUT2D eigenvalue weighted by Gasteiger charge is 2.08. The molecule has 0 aromatic heterocycles. The van der Waals surface area contributed by atoms with Crippen molar-refractivity contribution >= 4 is 17.9 Å². The van der Waals surface area contributed by atoms with Crippen molar-refractivity contribution < 1.29 is 14.3 Å². The van der Waals surface area contributed by atoms with Gasteiger partial charge in [-0.1, -0.05) is 0 Å². The molecule has 0 heterocycles. The fourth-order valence-corrected chi connectivity index (χ4v) is 1.03. The van der Waals surface area contributed by atoms with Crippen LogP contribution in [0.3, 0.4) is 0 Å². The summed E-state index contributed by atoms with van der Waals surface area (Å²) in [7, 11) is 1.28. The molecule has 74 valence electrons. The second-order valence-corrected chi connectivity index (χ2v) is 2.56. The van der Waals surface area contributed by atoms with Crippen LogP contribution in [0, 0.1) is 0 Å². The topological polar surface area (TPSA) is 81.4 Å². The minimum absolute atomic E-state index is 0.339. The minimum Gasteiger partial charge on any atom is -0.465 e. The van der Waals surface area contributed by atoms with Gasteiger partial charge in [-0.3, -0.25) is 10.6 Å².